The van der Waals surface area contributed by atoms with Crippen molar-refractivity contribution < 1.29 is 14.4 Å². The smallest absolute Gasteiger partial charge is 0.255 e. The van der Waals surface area contributed by atoms with Gasteiger partial charge < -0.3 is 5.32 Å². The number of carbonyl (C=O) groups is 3. The van der Waals surface area contributed by atoms with Crippen LogP contribution in [0.4, 0.5) is 11.4 Å². The molecule has 156 valence electrons. The maximum Gasteiger partial charge on any atom is 0.255 e. The maximum absolute atomic E-state index is 13.3. The van der Waals surface area contributed by atoms with Gasteiger partial charge in [-0.1, -0.05) is 36.4 Å². The topological polar surface area (TPSA) is 66.5 Å². The fraction of sp³-hybridized carbons (Fsp3) is 0.346. The predicted octanol–water partition coefficient (Wildman–Crippen LogP) is 4.11. The van der Waals surface area contributed by atoms with Gasteiger partial charge in [-0.15, -0.1) is 0 Å². The second kappa shape index (κ2) is 6.39. The Balaban J connectivity index is 1.30. The maximum atomic E-state index is 13.3. The summed E-state index contributed by atoms with van der Waals surface area (Å²) in [5.74, 6) is 0.591. The number of allylic oxidation sites excluding steroid dienone is 2. The Bertz CT molecular complexity index is 1130. The highest BCUT2D eigenvalue weighted by molar-refractivity contribution is 6.23. The van der Waals surface area contributed by atoms with Gasteiger partial charge in [0.1, 0.15) is 0 Å². The first kappa shape index (κ1) is 18.6. The van der Waals surface area contributed by atoms with Crippen molar-refractivity contribution in [2.24, 2.45) is 35.5 Å². The van der Waals surface area contributed by atoms with Crippen LogP contribution >= 0.6 is 0 Å². The van der Waals surface area contributed by atoms with Crippen LogP contribution in [0.2, 0.25) is 0 Å². The average molecular weight is 412 g/mol. The Morgan fingerprint density at radius 2 is 1.48 bits per heavy atom. The number of nitrogens with zero attached hydrogens (tertiary/aromatic N) is 1. The van der Waals surface area contributed by atoms with E-state index in [1.54, 1.807) is 24.3 Å². The van der Waals surface area contributed by atoms with Crippen LogP contribution < -0.4 is 10.2 Å². The van der Waals surface area contributed by atoms with Gasteiger partial charge in [0, 0.05) is 11.3 Å². The second-order valence-electron chi connectivity index (χ2n) is 9.44. The molecule has 1 saturated heterocycles. The molecule has 2 bridgehead atoms. The Kier molecular flexibility index (Phi) is 3.83. The lowest BCUT2D eigenvalue weighted by Gasteiger charge is -2.37. The molecule has 0 radical (unpaired) electrons. The number of para-hydroxylation sites is 1. The summed E-state index contributed by atoms with van der Waals surface area (Å²) < 4.78 is 0. The SMILES string of the molecule is Cc1cccc(C)c1NC(=O)c1cccc(N2C(=O)[C@@H]3[C@H]4C=C[C@@H]([C@@H]5C[C@@H]45)[C@@H]3C2=O)c1. The number of rotatable bonds is 3. The lowest BCUT2D eigenvalue weighted by atomic mass is 9.63. The van der Waals surface area contributed by atoms with Crippen LogP contribution in [0, 0.1) is 49.4 Å². The molecular formula is C26H24N2O3. The number of benzene rings is 2. The molecule has 4 aliphatic carbocycles. The van der Waals surface area contributed by atoms with E-state index >= 15 is 0 Å². The zero-order chi connectivity index (χ0) is 21.4. The zero-order valence-corrected chi connectivity index (χ0v) is 17.5. The summed E-state index contributed by atoms with van der Waals surface area (Å²) in [5.41, 5.74) is 3.69. The minimum atomic E-state index is -0.251. The van der Waals surface area contributed by atoms with Crippen LogP contribution in [0.25, 0.3) is 0 Å². The van der Waals surface area contributed by atoms with E-state index in [2.05, 4.69) is 17.5 Å². The van der Waals surface area contributed by atoms with E-state index in [-0.39, 0.29) is 41.4 Å². The fourth-order valence-corrected chi connectivity index (χ4v) is 6.20. The van der Waals surface area contributed by atoms with Crippen molar-refractivity contribution in [3.63, 3.8) is 0 Å². The highest BCUT2D eigenvalue weighted by Gasteiger charge is 2.67. The summed E-state index contributed by atoms with van der Waals surface area (Å²) in [6, 6.07) is 12.7. The second-order valence-corrected chi connectivity index (χ2v) is 9.44. The molecule has 0 unspecified atom stereocenters. The van der Waals surface area contributed by atoms with Crippen molar-refractivity contribution in [3.8, 4) is 0 Å². The number of hydrogen-bond donors (Lipinski definition) is 1. The van der Waals surface area contributed by atoms with Crippen LogP contribution in [0.5, 0.6) is 0 Å². The van der Waals surface area contributed by atoms with E-state index in [9.17, 15) is 14.4 Å². The average Bonchev–Trinajstić information content (AvgIpc) is 3.54. The largest absolute Gasteiger partial charge is 0.322 e. The minimum absolute atomic E-state index is 0.105. The molecule has 31 heavy (non-hydrogen) atoms. The number of hydrogen-bond acceptors (Lipinski definition) is 3. The Hall–Kier alpha value is -3.21. The molecule has 0 aromatic heterocycles. The first-order valence-corrected chi connectivity index (χ1v) is 11.0. The molecule has 6 atom stereocenters. The van der Waals surface area contributed by atoms with E-state index in [0.717, 1.165) is 23.2 Å². The van der Waals surface area contributed by atoms with Gasteiger partial charge in [0.05, 0.1) is 17.5 Å². The molecular weight excluding hydrogens is 388 g/mol. The molecule has 1 heterocycles. The first-order chi connectivity index (χ1) is 15.0. The number of carbonyl (C=O) groups excluding carboxylic acids is 3. The highest BCUT2D eigenvalue weighted by atomic mass is 16.2. The van der Waals surface area contributed by atoms with E-state index in [0.29, 0.717) is 23.1 Å². The molecule has 1 N–H and O–H groups in total. The van der Waals surface area contributed by atoms with E-state index in [4.69, 9.17) is 0 Å². The number of nitrogens with one attached hydrogen (secondary N) is 1. The van der Waals surface area contributed by atoms with E-state index in [1.165, 1.54) is 4.90 Å². The Labute approximate surface area is 181 Å². The molecule has 2 aromatic rings. The number of amides is 3. The summed E-state index contributed by atoms with van der Waals surface area (Å²) in [6.07, 6.45) is 5.48. The van der Waals surface area contributed by atoms with Gasteiger partial charge in [0.25, 0.3) is 5.91 Å². The van der Waals surface area contributed by atoms with Gasteiger partial charge in [-0.2, -0.15) is 0 Å². The van der Waals surface area contributed by atoms with Gasteiger partial charge in [-0.3, -0.25) is 14.4 Å². The van der Waals surface area contributed by atoms with Crippen LogP contribution in [-0.2, 0) is 9.59 Å². The van der Waals surface area contributed by atoms with Crippen molar-refractivity contribution >= 4 is 29.1 Å². The van der Waals surface area contributed by atoms with Crippen LogP contribution in [0.1, 0.15) is 27.9 Å². The van der Waals surface area contributed by atoms with Crippen molar-refractivity contribution in [3.05, 3.63) is 71.3 Å². The summed E-state index contributed by atoms with van der Waals surface area (Å²) in [5, 5.41) is 2.98. The van der Waals surface area contributed by atoms with Crippen molar-refractivity contribution in [1.29, 1.82) is 0 Å². The Morgan fingerprint density at radius 3 is 2.10 bits per heavy atom. The monoisotopic (exact) mass is 412 g/mol. The summed E-state index contributed by atoms with van der Waals surface area (Å²) >= 11 is 0. The lowest BCUT2D eigenvalue weighted by molar-refractivity contribution is -0.124. The molecule has 2 saturated carbocycles. The van der Waals surface area contributed by atoms with Crippen molar-refractivity contribution in [1.82, 2.24) is 0 Å². The third-order valence-electron chi connectivity index (χ3n) is 7.75. The van der Waals surface area contributed by atoms with Crippen LogP contribution in [0.3, 0.4) is 0 Å². The van der Waals surface area contributed by atoms with Crippen molar-refractivity contribution in [2.75, 3.05) is 10.2 Å². The molecule has 7 rings (SSSR count). The van der Waals surface area contributed by atoms with Crippen LogP contribution in [-0.4, -0.2) is 17.7 Å². The third-order valence-corrected chi connectivity index (χ3v) is 7.75. The quantitative estimate of drug-likeness (QED) is 0.609. The van der Waals surface area contributed by atoms with Gasteiger partial charge in [0.15, 0.2) is 0 Å². The van der Waals surface area contributed by atoms with Crippen LogP contribution in [0.15, 0.2) is 54.6 Å². The van der Waals surface area contributed by atoms with Crippen molar-refractivity contribution in [2.45, 2.75) is 20.3 Å². The van der Waals surface area contributed by atoms with E-state index in [1.807, 2.05) is 32.0 Å². The Morgan fingerprint density at radius 1 is 0.903 bits per heavy atom. The molecule has 5 nitrogen and oxygen atoms in total. The normalized spacial score (nSPS) is 32.1. The zero-order valence-electron chi connectivity index (χ0n) is 17.5. The first-order valence-electron chi connectivity index (χ1n) is 11.0. The number of anilines is 2. The number of aryl methyl sites for hydroxylation is 2. The molecule has 2 aromatic carbocycles. The lowest BCUT2D eigenvalue weighted by Crippen LogP contribution is -2.40. The molecule has 3 amide bonds. The molecule has 5 heteroatoms. The third kappa shape index (κ3) is 2.59. The van der Waals surface area contributed by atoms with Gasteiger partial charge in [0.2, 0.25) is 11.8 Å². The standard InChI is InChI=1S/C26H24N2O3/c1-13-5-3-6-14(2)23(13)27-24(29)15-7-4-8-16(11-15)28-25(30)21-17-9-10-18(20-12-19(17)20)22(21)26(28)31/h3-11,17-22H,12H2,1-2H3,(H,27,29)/t17-,18-,19-,20-,21-,22+/m0/s1. The molecule has 5 aliphatic rings. The predicted molar refractivity (Wildman–Crippen MR) is 118 cm³/mol. The van der Waals surface area contributed by atoms with Gasteiger partial charge in [-0.25, -0.2) is 4.90 Å². The number of imide groups is 1. The molecule has 1 aliphatic heterocycles. The summed E-state index contributed by atoms with van der Waals surface area (Å²) in [4.78, 5) is 41.0. The van der Waals surface area contributed by atoms with E-state index < -0.39 is 0 Å². The fourth-order valence-electron chi connectivity index (χ4n) is 6.20. The van der Waals surface area contributed by atoms with Gasteiger partial charge >= 0.3 is 0 Å². The van der Waals surface area contributed by atoms with Gasteiger partial charge in [-0.05, 0) is 73.3 Å². The summed E-state index contributed by atoms with van der Waals surface area (Å²) in [7, 11) is 0. The highest BCUT2D eigenvalue weighted by Crippen LogP contribution is 2.65. The molecule has 0 spiro atoms. The minimum Gasteiger partial charge on any atom is -0.322 e. The summed E-state index contributed by atoms with van der Waals surface area (Å²) in [6.45, 7) is 3.91. The molecule has 3 fully saturated rings.